The van der Waals surface area contributed by atoms with Gasteiger partial charge in [0.2, 0.25) is 0 Å². The van der Waals surface area contributed by atoms with Crippen LogP contribution in [0.4, 0.5) is 4.39 Å². The summed E-state index contributed by atoms with van der Waals surface area (Å²) in [6.07, 6.45) is 0. The second kappa shape index (κ2) is 6.05. The number of carboxylic acid groups (broad SMARTS) is 1. The van der Waals surface area contributed by atoms with Crippen LogP contribution in [0.2, 0.25) is 0 Å². The highest BCUT2D eigenvalue weighted by atomic mass is 79.9. The maximum atomic E-state index is 13.1. The maximum absolute atomic E-state index is 13.1. The van der Waals surface area contributed by atoms with E-state index in [0.29, 0.717) is 15.8 Å². The first kappa shape index (κ1) is 14.5. The summed E-state index contributed by atoms with van der Waals surface area (Å²) in [5.74, 6) is -0.708. The Balaban J connectivity index is 2.09. The first-order chi connectivity index (χ1) is 9.47. The number of carboxylic acids is 1. The SMILES string of the molecule is Cc1cc(OCc2ccc(F)c(Br)c2)ccc1C(=O)O. The van der Waals surface area contributed by atoms with E-state index in [0.717, 1.165) is 5.56 Å². The zero-order chi connectivity index (χ0) is 14.7. The van der Waals surface area contributed by atoms with Gasteiger partial charge in [0.05, 0.1) is 10.0 Å². The van der Waals surface area contributed by atoms with Gasteiger partial charge in [0.1, 0.15) is 18.2 Å². The molecule has 0 aromatic heterocycles. The number of hydrogen-bond donors (Lipinski definition) is 1. The summed E-state index contributed by atoms with van der Waals surface area (Å²) in [5.41, 5.74) is 1.70. The number of aryl methyl sites for hydroxylation is 1. The Hall–Kier alpha value is -1.88. The van der Waals surface area contributed by atoms with Gasteiger partial charge in [-0.2, -0.15) is 0 Å². The summed E-state index contributed by atoms with van der Waals surface area (Å²) in [5, 5.41) is 8.94. The molecule has 0 atom stereocenters. The molecular weight excluding hydrogens is 327 g/mol. The van der Waals surface area contributed by atoms with Gasteiger partial charge in [-0.15, -0.1) is 0 Å². The van der Waals surface area contributed by atoms with Crippen LogP contribution in [0.3, 0.4) is 0 Å². The fourth-order valence-electron chi connectivity index (χ4n) is 1.76. The van der Waals surface area contributed by atoms with E-state index in [2.05, 4.69) is 15.9 Å². The third-order valence-electron chi connectivity index (χ3n) is 2.82. The van der Waals surface area contributed by atoms with Crippen molar-refractivity contribution in [2.75, 3.05) is 0 Å². The number of ether oxygens (including phenoxy) is 1. The molecule has 0 radical (unpaired) electrons. The molecule has 0 unspecified atom stereocenters. The van der Waals surface area contributed by atoms with Crippen LogP contribution in [-0.2, 0) is 6.61 Å². The molecule has 2 aromatic rings. The van der Waals surface area contributed by atoms with Gasteiger partial charge in [-0.1, -0.05) is 6.07 Å². The molecular formula is C15H12BrFO3. The monoisotopic (exact) mass is 338 g/mol. The predicted molar refractivity (Wildman–Crippen MR) is 76.6 cm³/mol. The van der Waals surface area contributed by atoms with Gasteiger partial charge in [-0.05, 0) is 64.3 Å². The van der Waals surface area contributed by atoms with Gasteiger partial charge in [-0.25, -0.2) is 9.18 Å². The van der Waals surface area contributed by atoms with E-state index in [1.54, 1.807) is 31.2 Å². The zero-order valence-corrected chi connectivity index (χ0v) is 12.3. The minimum absolute atomic E-state index is 0.252. The summed E-state index contributed by atoms with van der Waals surface area (Å²) in [6, 6.07) is 9.43. The minimum atomic E-state index is -0.962. The number of aromatic carboxylic acids is 1. The van der Waals surface area contributed by atoms with E-state index in [9.17, 15) is 9.18 Å². The summed E-state index contributed by atoms with van der Waals surface area (Å²) in [7, 11) is 0. The van der Waals surface area contributed by atoms with E-state index in [4.69, 9.17) is 9.84 Å². The highest BCUT2D eigenvalue weighted by molar-refractivity contribution is 9.10. The molecule has 0 amide bonds. The first-order valence-electron chi connectivity index (χ1n) is 5.88. The van der Waals surface area contributed by atoms with Crippen LogP contribution in [-0.4, -0.2) is 11.1 Å². The Morgan fingerprint density at radius 1 is 1.30 bits per heavy atom. The second-order valence-electron chi connectivity index (χ2n) is 4.32. The van der Waals surface area contributed by atoms with Gasteiger partial charge in [0, 0.05) is 0 Å². The van der Waals surface area contributed by atoms with E-state index in [-0.39, 0.29) is 18.0 Å². The lowest BCUT2D eigenvalue weighted by molar-refractivity contribution is 0.0696. The third-order valence-corrected chi connectivity index (χ3v) is 3.43. The molecule has 0 saturated carbocycles. The number of benzene rings is 2. The van der Waals surface area contributed by atoms with Crippen molar-refractivity contribution in [1.29, 1.82) is 0 Å². The average Bonchev–Trinajstić information content (AvgIpc) is 2.40. The molecule has 0 aliphatic carbocycles. The molecule has 0 aliphatic heterocycles. The molecule has 2 rings (SSSR count). The highest BCUT2D eigenvalue weighted by Gasteiger charge is 2.08. The smallest absolute Gasteiger partial charge is 0.335 e. The normalized spacial score (nSPS) is 10.3. The van der Waals surface area contributed by atoms with E-state index in [1.807, 2.05) is 0 Å². The molecule has 0 saturated heterocycles. The fourth-order valence-corrected chi connectivity index (χ4v) is 2.19. The molecule has 1 N–H and O–H groups in total. The van der Waals surface area contributed by atoms with Crippen molar-refractivity contribution in [3.63, 3.8) is 0 Å². The Morgan fingerprint density at radius 3 is 2.65 bits per heavy atom. The van der Waals surface area contributed by atoms with Crippen LogP contribution >= 0.6 is 15.9 Å². The molecule has 0 fully saturated rings. The molecule has 0 spiro atoms. The maximum Gasteiger partial charge on any atom is 0.335 e. The van der Waals surface area contributed by atoms with Crippen LogP contribution in [0.25, 0.3) is 0 Å². The number of rotatable bonds is 4. The van der Waals surface area contributed by atoms with Gasteiger partial charge in [0.25, 0.3) is 0 Å². The minimum Gasteiger partial charge on any atom is -0.489 e. The standard InChI is InChI=1S/C15H12BrFO3/c1-9-6-11(3-4-12(9)15(18)19)20-8-10-2-5-14(17)13(16)7-10/h2-7H,8H2,1H3,(H,18,19). The van der Waals surface area contributed by atoms with Crippen molar-refractivity contribution in [2.45, 2.75) is 13.5 Å². The van der Waals surface area contributed by atoms with Gasteiger partial charge >= 0.3 is 5.97 Å². The number of carbonyl (C=O) groups is 1. The molecule has 3 nitrogen and oxygen atoms in total. The van der Waals surface area contributed by atoms with Gasteiger partial charge < -0.3 is 9.84 Å². The summed E-state index contributed by atoms with van der Waals surface area (Å²) in [6.45, 7) is 2.00. The number of hydrogen-bond acceptors (Lipinski definition) is 2. The molecule has 2 aromatic carbocycles. The summed E-state index contributed by atoms with van der Waals surface area (Å²) in [4.78, 5) is 10.9. The summed E-state index contributed by atoms with van der Waals surface area (Å²) >= 11 is 3.11. The van der Waals surface area contributed by atoms with Crippen LogP contribution in [0, 0.1) is 12.7 Å². The van der Waals surface area contributed by atoms with Gasteiger partial charge in [-0.3, -0.25) is 0 Å². The van der Waals surface area contributed by atoms with E-state index < -0.39 is 5.97 Å². The second-order valence-corrected chi connectivity index (χ2v) is 5.17. The lowest BCUT2D eigenvalue weighted by Gasteiger charge is -2.09. The third kappa shape index (κ3) is 3.36. The van der Waals surface area contributed by atoms with Crippen molar-refractivity contribution < 1.29 is 19.0 Å². The van der Waals surface area contributed by atoms with Crippen LogP contribution in [0.1, 0.15) is 21.5 Å². The molecule has 0 aliphatic rings. The molecule has 20 heavy (non-hydrogen) atoms. The van der Waals surface area contributed by atoms with Crippen molar-refractivity contribution in [1.82, 2.24) is 0 Å². The Labute approximate surface area is 124 Å². The van der Waals surface area contributed by atoms with E-state index in [1.165, 1.54) is 12.1 Å². The molecule has 0 bridgehead atoms. The summed E-state index contributed by atoms with van der Waals surface area (Å²) < 4.78 is 19.0. The first-order valence-corrected chi connectivity index (χ1v) is 6.67. The zero-order valence-electron chi connectivity index (χ0n) is 10.7. The molecule has 0 heterocycles. The lowest BCUT2D eigenvalue weighted by Crippen LogP contribution is -2.01. The number of halogens is 2. The van der Waals surface area contributed by atoms with Crippen molar-refractivity contribution in [3.8, 4) is 5.75 Å². The lowest BCUT2D eigenvalue weighted by atomic mass is 10.1. The van der Waals surface area contributed by atoms with E-state index >= 15 is 0 Å². The Bertz CT molecular complexity index is 656. The van der Waals surface area contributed by atoms with Crippen LogP contribution in [0.15, 0.2) is 40.9 Å². The largest absolute Gasteiger partial charge is 0.489 e. The Morgan fingerprint density at radius 2 is 2.05 bits per heavy atom. The van der Waals surface area contributed by atoms with Crippen LogP contribution < -0.4 is 4.74 Å². The molecule has 104 valence electrons. The van der Waals surface area contributed by atoms with Crippen LogP contribution in [0.5, 0.6) is 5.75 Å². The quantitative estimate of drug-likeness (QED) is 0.909. The topological polar surface area (TPSA) is 46.5 Å². The van der Waals surface area contributed by atoms with Crippen molar-refractivity contribution in [2.24, 2.45) is 0 Å². The highest BCUT2D eigenvalue weighted by Crippen LogP contribution is 2.21. The molecule has 5 heteroatoms. The van der Waals surface area contributed by atoms with Crippen molar-refractivity contribution in [3.05, 3.63) is 63.4 Å². The predicted octanol–water partition coefficient (Wildman–Crippen LogP) is 4.17. The van der Waals surface area contributed by atoms with Crippen molar-refractivity contribution >= 4 is 21.9 Å². The average molecular weight is 339 g/mol. The van der Waals surface area contributed by atoms with Gasteiger partial charge in [0.15, 0.2) is 0 Å². The fraction of sp³-hybridized carbons (Fsp3) is 0.133. The Kier molecular flexibility index (Phi) is 4.39.